The van der Waals surface area contributed by atoms with Gasteiger partial charge >= 0.3 is 0 Å². The van der Waals surface area contributed by atoms with Crippen molar-refractivity contribution in [2.24, 2.45) is 0 Å². The summed E-state index contributed by atoms with van der Waals surface area (Å²) >= 11 is 0. The number of carbonyl (C=O) groups excluding carboxylic acids is 2. The van der Waals surface area contributed by atoms with Crippen LogP contribution in [0.1, 0.15) is 6.42 Å². The maximum atomic E-state index is 12.0. The Bertz CT molecular complexity index is 734. The number of ether oxygens (including phenoxy) is 1. The van der Waals surface area contributed by atoms with Gasteiger partial charge in [0.05, 0.1) is 6.61 Å². The van der Waals surface area contributed by atoms with Gasteiger partial charge in [-0.05, 0) is 24.3 Å². The zero-order chi connectivity index (χ0) is 16.6. The molecule has 23 heavy (non-hydrogen) atoms. The zero-order valence-electron chi connectivity index (χ0n) is 12.1. The molecule has 1 aromatic rings. The summed E-state index contributed by atoms with van der Waals surface area (Å²) in [6.07, 6.45) is -0.116. The molecule has 2 aliphatic rings. The van der Waals surface area contributed by atoms with E-state index >= 15 is 0 Å². The third-order valence-corrected chi connectivity index (χ3v) is 5.81. The average Bonchev–Trinajstić information content (AvgIpc) is 2.90. The van der Waals surface area contributed by atoms with Crippen molar-refractivity contribution < 1.29 is 22.7 Å². The molecule has 0 saturated carbocycles. The monoisotopic (exact) mass is 358 g/mol. The van der Waals surface area contributed by atoms with E-state index in [0.717, 1.165) is 5.69 Å². The van der Waals surface area contributed by atoms with Gasteiger partial charge in [-0.1, -0.05) is 0 Å². The number of nitrogens with zero attached hydrogens (tertiary/aromatic N) is 2. The molecule has 0 aromatic heterocycles. The minimum absolute atomic E-state index is 0.0422. The topological polar surface area (TPSA) is 84.0 Å². The van der Waals surface area contributed by atoms with Crippen LogP contribution in [-0.2, 0) is 23.4 Å². The van der Waals surface area contributed by atoms with Crippen LogP contribution in [0.15, 0.2) is 24.3 Å². The Morgan fingerprint density at radius 1 is 1.04 bits per heavy atom. The molecule has 0 bridgehead atoms. The van der Waals surface area contributed by atoms with Crippen molar-refractivity contribution in [1.82, 2.24) is 0 Å². The molecule has 1 aromatic carbocycles. The standard InChI is InChI=1S/C14H15ClN2O5S/c15-23(20,21)12-7-13(18)17(8-12)11-3-1-10(2-4-11)16-5-6-22-9-14(16)19/h1-4,12H,5-9H2. The van der Waals surface area contributed by atoms with Crippen molar-refractivity contribution in [3.8, 4) is 0 Å². The van der Waals surface area contributed by atoms with Crippen molar-refractivity contribution in [3.63, 3.8) is 0 Å². The molecule has 1 unspecified atom stereocenters. The van der Waals surface area contributed by atoms with Crippen LogP contribution in [-0.4, -0.2) is 51.8 Å². The highest BCUT2D eigenvalue weighted by Crippen LogP contribution is 2.28. The first-order chi connectivity index (χ1) is 10.9. The highest BCUT2D eigenvalue weighted by Gasteiger charge is 2.38. The molecule has 2 amide bonds. The molecule has 3 rings (SSSR count). The van der Waals surface area contributed by atoms with Gasteiger partial charge in [0.2, 0.25) is 15.0 Å². The number of hydrogen-bond acceptors (Lipinski definition) is 5. The first-order valence-corrected chi connectivity index (χ1v) is 9.45. The number of hydrogen-bond donors (Lipinski definition) is 0. The summed E-state index contributed by atoms with van der Waals surface area (Å²) < 4.78 is 27.8. The summed E-state index contributed by atoms with van der Waals surface area (Å²) in [5.74, 6) is -0.399. The molecule has 7 nitrogen and oxygen atoms in total. The van der Waals surface area contributed by atoms with Crippen molar-refractivity contribution in [1.29, 1.82) is 0 Å². The number of anilines is 2. The minimum atomic E-state index is -3.77. The number of rotatable bonds is 3. The number of morpholine rings is 1. The summed E-state index contributed by atoms with van der Waals surface area (Å²) in [6.45, 7) is 1.06. The van der Waals surface area contributed by atoms with Crippen molar-refractivity contribution >= 4 is 42.9 Å². The van der Waals surface area contributed by atoms with Gasteiger partial charge in [0.1, 0.15) is 11.9 Å². The molecule has 2 heterocycles. The smallest absolute Gasteiger partial charge is 0.253 e. The SMILES string of the molecule is O=C1COCCN1c1ccc(N2CC(S(=O)(=O)Cl)CC2=O)cc1. The van der Waals surface area contributed by atoms with Crippen molar-refractivity contribution in [2.75, 3.05) is 36.1 Å². The molecule has 0 N–H and O–H groups in total. The number of benzene rings is 1. The number of carbonyl (C=O) groups is 2. The normalized spacial score (nSPS) is 22.7. The summed E-state index contributed by atoms with van der Waals surface area (Å²) in [6, 6.07) is 6.85. The first-order valence-electron chi connectivity index (χ1n) is 7.08. The van der Waals surface area contributed by atoms with E-state index in [1.54, 1.807) is 29.2 Å². The predicted octanol–water partition coefficient (Wildman–Crippen LogP) is 0.724. The predicted molar refractivity (Wildman–Crippen MR) is 85.1 cm³/mol. The lowest BCUT2D eigenvalue weighted by atomic mass is 10.2. The lowest BCUT2D eigenvalue weighted by Gasteiger charge is -2.27. The molecule has 9 heteroatoms. The van der Waals surface area contributed by atoms with Gasteiger partial charge in [-0.2, -0.15) is 0 Å². The van der Waals surface area contributed by atoms with Gasteiger partial charge in [0.25, 0.3) is 5.91 Å². The highest BCUT2D eigenvalue weighted by molar-refractivity contribution is 8.14. The number of amides is 2. The summed E-state index contributed by atoms with van der Waals surface area (Å²) in [4.78, 5) is 26.8. The van der Waals surface area contributed by atoms with Crippen molar-refractivity contribution in [3.05, 3.63) is 24.3 Å². The summed E-state index contributed by atoms with van der Waals surface area (Å²) in [7, 11) is 1.57. The van der Waals surface area contributed by atoms with E-state index in [1.807, 2.05) is 0 Å². The second-order valence-corrected chi connectivity index (χ2v) is 8.33. The Labute approximate surface area is 138 Å². The van der Waals surface area contributed by atoms with Crippen molar-refractivity contribution in [2.45, 2.75) is 11.7 Å². The third kappa shape index (κ3) is 3.34. The molecule has 2 fully saturated rings. The second kappa shape index (κ2) is 6.10. The van der Waals surface area contributed by atoms with Gasteiger partial charge in [0.15, 0.2) is 0 Å². The van der Waals surface area contributed by atoms with E-state index in [1.165, 1.54) is 4.90 Å². The van der Waals surface area contributed by atoms with Gasteiger partial charge < -0.3 is 14.5 Å². The fourth-order valence-corrected chi connectivity index (χ4v) is 3.74. The lowest BCUT2D eigenvalue weighted by Crippen LogP contribution is -2.41. The molecule has 124 valence electrons. The molecule has 0 spiro atoms. The van der Waals surface area contributed by atoms with Crippen LogP contribution >= 0.6 is 10.7 Å². The highest BCUT2D eigenvalue weighted by atomic mass is 35.7. The van der Waals surface area contributed by atoms with Crippen LogP contribution < -0.4 is 9.80 Å². The maximum Gasteiger partial charge on any atom is 0.253 e. The van der Waals surface area contributed by atoms with E-state index < -0.39 is 14.3 Å². The van der Waals surface area contributed by atoms with Gasteiger partial charge in [0, 0.05) is 41.6 Å². The van der Waals surface area contributed by atoms with Crippen LogP contribution in [0.5, 0.6) is 0 Å². The molecule has 0 radical (unpaired) electrons. The van der Waals surface area contributed by atoms with Gasteiger partial charge in [-0.15, -0.1) is 0 Å². The van der Waals surface area contributed by atoms with E-state index in [9.17, 15) is 18.0 Å². The van der Waals surface area contributed by atoms with E-state index in [-0.39, 0.29) is 31.4 Å². The van der Waals surface area contributed by atoms with Crippen LogP contribution in [0, 0.1) is 0 Å². The summed E-state index contributed by atoms with van der Waals surface area (Å²) in [5.41, 5.74) is 1.30. The Morgan fingerprint density at radius 2 is 1.65 bits per heavy atom. The zero-order valence-corrected chi connectivity index (χ0v) is 13.7. The molecule has 2 saturated heterocycles. The van der Waals surface area contributed by atoms with Crippen LogP contribution in [0.3, 0.4) is 0 Å². The molecular weight excluding hydrogens is 344 g/mol. The van der Waals surface area contributed by atoms with E-state index in [2.05, 4.69) is 0 Å². The van der Waals surface area contributed by atoms with Gasteiger partial charge in [-0.3, -0.25) is 9.59 Å². The largest absolute Gasteiger partial charge is 0.370 e. The average molecular weight is 359 g/mol. The van der Waals surface area contributed by atoms with Crippen LogP contribution in [0.4, 0.5) is 11.4 Å². The lowest BCUT2D eigenvalue weighted by molar-refractivity contribution is -0.125. The third-order valence-electron chi connectivity index (χ3n) is 3.95. The summed E-state index contributed by atoms with van der Waals surface area (Å²) in [5, 5.41) is -0.892. The second-order valence-electron chi connectivity index (χ2n) is 5.42. The van der Waals surface area contributed by atoms with E-state index in [4.69, 9.17) is 15.4 Å². The fraction of sp³-hybridized carbons (Fsp3) is 0.429. The minimum Gasteiger partial charge on any atom is -0.370 e. The van der Waals surface area contributed by atoms with Crippen LogP contribution in [0.2, 0.25) is 0 Å². The van der Waals surface area contributed by atoms with Crippen LogP contribution in [0.25, 0.3) is 0 Å². The maximum absolute atomic E-state index is 12.0. The Kier molecular flexibility index (Phi) is 4.31. The molecule has 1 atom stereocenters. The Balaban J connectivity index is 1.77. The van der Waals surface area contributed by atoms with Gasteiger partial charge in [-0.25, -0.2) is 8.42 Å². The number of halogens is 1. The molecule has 2 aliphatic heterocycles. The Hall–Kier alpha value is -1.64. The van der Waals surface area contributed by atoms with E-state index in [0.29, 0.717) is 18.8 Å². The molecular formula is C14H15ClN2O5S. The molecule has 0 aliphatic carbocycles. The Morgan fingerprint density at radius 3 is 2.17 bits per heavy atom. The quantitative estimate of drug-likeness (QED) is 0.743. The first kappa shape index (κ1) is 16.2. The fourth-order valence-electron chi connectivity index (χ4n) is 2.72.